The highest BCUT2D eigenvalue weighted by molar-refractivity contribution is 5.76. The number of rotatable bonds is 7. The number of hydrogen-bond donors (Lipinski definition) is 1. The molecule has 0 amide bonds. The smallest absolute Gasteiger partial charge is 0.303 e. The molecule has 0 aliphatic carbocycles. The monoisotopic (exact) mass is 274 g/mol. The van der Waals surface area contributed by atoms with E-state index in [9.17, 15) is 9.59 Å². The van der Waals surface area contributed by atoms with Crippen LogP contribution in [0.1, 0.15) is 37.9 Å². The third-order valence-electron chi connectivity index (χ3n) is 3.25. The number of aryl methyl sites for hydroxylation is 1. The van der Waals surface area contributed by atoms with Crippen LogP contribution in [0.5, 0.6) is 0 Å². The van der Waals surface area contributed by atoms with Gasteiger partial charge in [-0.2, -0.15) is 0 Å². The van der Waals surface area contributed by atoms with Gasteiger partial charge in [0.05, 0.1) is 5.39 Å². The van der Waals surface area contributed by atoms with Gasteiger partial charge in [-0.1, -0.05) is 25.0 Å². The van der Waals surface area contributed by atoms with Crippen molar-refractivity contribution < 1.29 is 14.3 Å². The SMILES string of the molecule is O=C(O)CCCCCCc1cc(=O)c2ccccc2o1. The van der Waals surface area contributed by atoms with Crippen molar-refractivity contribution in [1.82, 2.24) is 0 Å². The van der Waals surface area contributed by atoms with Gasteiger partial charge in [0, 0.05) is 18.9 Å². The van der Waals surface area contributed by atoms with E-state index in [4.69, 9.17) is 9.52 Å². The van der Waals surface area contributed by atoms with Gasteiger partial charge in [-0.25, -0.2) is 0 Å². The Hall–Kier alpha value is -2.10. The van der Waals surface area contributed by atoms with E-state index in [-0.39, 0.29) is 11.8 Å². The average molecular weight is 274 g/mol. The minimum absolute atomic E-state index is 0.00673. The molecule has 0 unspecified atom stereocenters. The Morgan fingerprint density at radius 1 is 1.10 bits per heavy atom. The minimum atomic E-state index is -0.745. The Balaban J connectivity index is 1.87. The highest BCUT2D eigenvalue weighted by Crippen LogP contribution is 2.14. The van der Waals surface area contributed by atoms with Gasteiger partial charge < -0.3 is 9.52 Å². The van der Waals surface area contributed by atoms with E-state index in [1.54, 1.807) is 18.2 Å². The van der Waals surface area contributed by atoms with Gasteiger partial charge in [0.25, 0.3) is 0 Å². The highest BCUT2D eigenvalue weighted by atomic mass is 16.4. The van der Waals surface area contributed by atoms with Crippen LogP contribution in [0, 0.1) is 0 Å². The Bertz CT molecular complexity index is 642. The van der Waals surface area contributed by atoms with Crippen molar-refractivity contribution in [3.63, 3.8) is 0 Å². The molecule has 2 aromatic rings. The molecule has 1 heterocycles. The number of para-hydroxylation sites is 1. The molecule has 20 heavy (non-hydrogen) atoms. The van der Waals surface area contributed by atoms with Crippen LogP contribution in [-0.4, -0.2) is 11.1 Å². The topological polar surface area (TPSA) is 67.5 Å². The largest absolute Gasteiger partial charge is 0.481 e. The number of carboxylic acid groups (broad SMARTS) is 1. The number of hydrogen-bond acceptors (Lipinski definition) is 3. The first-order valence-electron chi connectivity index (χ1n) is 6.90. The molecule has 2 rings (SSSR count). The summed E-state index contributed by atoms with van der Waals surface area (Å²) in [6.07, 6.45) is 4.39. The van der Waals surface area contributed by atoms with Crippen molar-refractivity contribution in [3.05, 3.63) is 46.3 Å². The summed E-state index contributed by atoms with van der Waals surface area (Å²) in [5.41, 5.74) is 0.619. The fourth-order valence-corrected chi connectivity index (χ4v) is 2.21. The minimum Gasteiger partial charge on any atom is -0.481 e. The summed E-state index contributed by atoms with van der Waals surface area (Å²) in [5, 5.41) is 9.14. The Morgan fingerprint density at radius 2 is 1.85 bits per heavy atom. The summed E-state index contributed by atoms with van der Waals surface area (Å²) in [5.74, 6) is -0.0440. The van der Waals surface area contributed by atoms with Crippen LogP contribution >= 0.6 is 0 Å². The predicted octanol–water partition coefficient (Wildman–Crippen LogP) is 3.37. The fraction of sp³-hybridized carbons (Fsp3) is 0.375. The van der Waals surface area contributed by atoms with E-state index in [0.717, 1.165) is 19.3 Å². The third-order valence-corrected chi connectivity index (χ3v) is 3.25. The third kappa shape index (κ3) is 3.95. The molecular formula is C16H18O4. The summed E-state index contributed by atoms with van der Waals surface area (Å²) in [7, 11) is 0. The molecule has 0 bridgehead atoms. The average Bonchev–Trinajstić information content (AvgIpc) is 2.42. The summed E-state index contributed by atoms with van der Waals surface area (Å²) in [6.45, 7) is 0. The second-order valence-corrected chi connectivity index (χ2v) is 4.88. The molecule has 0 aliphatic heterocycles. The maximum atomic E-state index is 11.9. The zero-order chi connectivity index (χ0) is 14.4. The van der Waals surface area contributed by atoms with E-state index in [2.05, 4.69) is 0 Å². The van der Waals surface area contributed by atoms with Gasteiger partial charge in [-0.3, -0.25) is 9.59 Å². The molecule has 1 aromatic heterocycles. The lowest BCUT2D eigenvalue weighted by Crippen LogP contribution is -2.02. The molecule has 0 radical (unpaired) electrons. The van der Waals surface area contributed by atoms with Gasteiger partial charge >= 0.3 is 5.97 Å². The van der Waals surface area contributed by atoms with Gasteiger partial charge in [0.15, 0.2) is 5.43 Å². The van der Waals surface area contributed by atoms with E-state index in [0.29, 0.717) is 29.6 Å². The predicted molar refractivity (Wildman–Crippen MR) is 76.9 cm³/mol. The number of aliphatic carboxylic acids is 1. The van der Waals surface area contributed by atoms with Crippen molar-refractivity contribution in [3.8, 4) is 0 Å². The normalized spacial score (nSPS) is 10.8. The molecule has 1 aromatic carbocycles. The molecule has 4 nitrogen and oxygen atoms in total. The number of benzene rings is 1. The molecule has 106 valence electrons. The van der Waals surface area contributed by atoms with Crippen molar-refractivity contribution in [2.75, 3.05) is 0 Å². The second kappa shape index (κ2) is 6.89. The quantitative estimate of drug-likeness (QED) is 0.786. The maximum absolute atomic E-state index is 11.9. The van der Waals surface area contributed by atoms with Crippen LogP contribution in [0.15, 0.2) is 39.5 Å². The van der Waals surface area contributed by atoms with E-state index < -0.39 is 5.97 Å². The van der Waals surface area contributed by atoms with Crippen molar-refractivity contribution in [2.45, 2.75) is 38.5 Å². The zero-order valence-electron chi connectivity index (χ0n) is 11.3. The van der Waals surface area contributed by atoms with E-state index in [1.165, 1.54) is 0 Å². The maximum Gasteiger partial charge on any atom is 0.303 e. The molecule has 4 heteroatoms. The molecule has 1 N–H and O–H groups in total. The number of unbranched alkanes of at least 4 members (excludes halogenated alkanes) is 3. The van der Waals surface area contributed by atoms with Gasteiger partial charge in [0.2, 0.25) is 0 Å². The van der Waals surface area contributed by atoms with Crippen LogP contribution < -0.4 is 5.43 Å². The van der Waals surface area contributed by atoms with E-state index in [1.807, 2.05) is 12.1 Å². The zero-order valence-corrected chi connectivity index (χ0v) is 11.3. The number of carbonyl (C=O) groups is 1. The van der Waals surface area contributed by atoms with Crippen molar-refractivity contribution in [2.24, 2.45) is 0 Å². The molecular weight excluding hydrogens is 256 g/mol. The van der Waals surface area contributed by atoms with Crippen LogP contribution in [0.2, 0.25) is 0 Å². The molecule has 0 spiro atoms. The molecule has 0 fully saturated rings. The van der Waals surface area contributed by atoms with Gasteiger partial charge in [-0.05, 0) is 25.0 Å². The molecule has 0 atom stereocenters. The first-order chi connectivity index (χ1) is 9.66. The van der Waals surface area contributed by atoms with E-state index >= 15 is 0 Å². The summed E-state index contributed by atoms with van der Waals surface area (Å²) in [6, 6.07) is 8.78. The summed E-state index contributed by atoms with van der Waals surface area (Å²) < 4.78 is 5.69. The lowest BCUT2D eigenvalue weighted by Gasteiger charge is -2.03. The Labute approximate surface area is 117 Å². The standard InChI is InChI=1S/C16H18O4/c17-14-11-12(7-3-1-2-4-10-16(18)19)20-15-9-6-5-8-13(14)15/h5-6,8-9,11H,1-4,7,10H2,(H,18,19). The first-order valence-corrected chi connectivity index (χ1v) is 6.90. The molecule has 0 aliphatic rings. The second-order valence-electron chi connectivity index (χ2n) is 4.88. The van der Waals surface area contributed by atoms with Crippen LogP contribution in [-0.2, 0) is 11.2 Å². The van der Waals surface area contributed by atoms with Gasteiger partial charge in [-0.15, -0.1) is 0 Å². The number of carboxylic acids is 1. The highest BCUT2D eigenvalue weighted by Gasteiger charge is 2.04. The molecule has 0 saturated carbocycles. The Kier molecular flexibility index (Phi) is 4.93. The lowest BCUT2D eigenvalue weighted by atomic mass is 10.1. The van der Waals surface area contributed by atoms with Gasteiger partial charge in [0.1, 0.15) is 11.3 Å². The summed E-state index contributed by atoms with van der Waals surface area (Å²) >= 11 is 0. The number of fused-ring (bicyclic) bond motifs is 1. The van der Waals surface area contributed by atoms with Crippen LogP contribution in [0.25, 0.3) is 11.0 Å². The van der Waals surface area contributed by atoms with Crippen molar-refractivity contribution >= 4 is 16.9 Å². The van der Waals surface area contributed by atoms with Crippen molar-refractivity contribution in [1.29, 1.82) is 0 Å². The van der Waals surface area contributed by atoms with Crippen LogP contribution in [0.3, 0.4) is 0 Å². The summed E-state index contributed by atoms with van der Waals surface area (Å²) in [4.78, 5) is 22.3. The fourth-order valence-electron chi connectivity index (χ4n) is 2.21. The first kappa shape index (κ1) is 14.3. The Morgan fingerprint density at radius 3 is 2.65 bits per heavy atom. The van der Waals surface area contributed by atoms with Crippen LogP contribution in [0.4, 0.5) is 0 Å². The molecule has 0 saturated heterocycles. The lowest BCUT2D eigenvalue weighted by molar-refractivity contribution is -0.137.